The van der Waals surface area contributed by atoms with E-state index >= 15 is 0 Å². The van der Waals surface area contributed by atoms with Gasteiger partial charge in [-0.3, -0.25) is 9.69 Å². The molecule has 2 unspecified atom stereocenters. The largest absolute Gasteiger partial charge is 0.488 e. The summed E-state index contributed by atoms with van der Waals surface area (Å²) in [5.74, 6) is -0.860. The van der Waals surface area contributed by atoms with Crippen molar-refractivity contribution >= 4 is 22.1 Å². The van der Waals surface area contributed by atoms with Gasteiger partial charge < -0.3 is 20.1 Å². The Hall–Kier alpha value is -2.66. The molecular formula is C22H28F2N4O4S. The minimum Gasteiger partial charge on any atom is -0.384 e. The van der Waals surface area contributed by atoms with Crippen molar-refractivity contribution in [2.24, 2.45) is 5.92 Å². The minimum absolute atomic E-state index is 0.0501. The van der Waals surface area contributed by atoms with Crippen molar-refractivity contribution in [2.75, 3.05) is 25.0 Å². The average molecular weight is 483 g/mol. The monoisotopic (exact) mass is 482 g/mol. The molecule has 1 aromatic carbocycles. The summed E-state index contributed by atoms with van der Waals surface area (Å²) in [5.41, 5.74) is 1.02. The molecule has 2 heterocycles. The molecule has 0 saturated carbocycles. The number of carbonyl (C=O) groups excluding carboxylic acids is 1. The smallest absolute Gasteiger partial charge is 0.384 e. The van der Waals surface area contributed by atoms with Gasteiger partial charge >= 0.3 is 10.5 Å². The number of nitrogens with zero attached hydrogens (tertiary/aromatic N) is 1. The lowest BCUT2D eigenvalue weighted by atomic mass is 9.78. The molecule has 0 aromatic heterocycles. The van der Waals surface area contributed by atoms with Crippen LogP contribution >= 0.6 is 0 Å². The second-order valence-corrected chi connectivity index (χ2v) is 9.69. The zero-order chi connectivity index (χ0) is 23.8. The van der Waals surface area contributed by atoms with Gasteiger partial charge in [-0.1, -0.05) is 9.95 Å². The number of hydrogen-bond acceptors (Lipinski definition) is 7. The first-order valence-corrected chi connectivity index (χ1v) is 12.3. The SMILES string of the molecule is CCNC1=C2NC(=O)C(C)(N3CCC[C@@H](Nc4cccc(OS(=O)(=O)F)c4)C3)C2CC(F)=C1. The Balaban J connectivity index is 1.52. The van der Waals surface area contributed by atoms with Crippen molar-refractivity contribution in [1.29, 1.82) is 0 Å². The fraction of sp³-hybridized carbons (Fsp3) is 0.500. The number of amides is 1. The van der Waals surface area contributed by atoms with E-state index in [1.165, 1.54) is 18.2 Å². The van der Waals surface area contributed by atoms with Crippen LogP contribution in [0, 0.1) is 5.92 Å². The molecule has 2 aliphatic heterocycles. The Bertz CT molecular complexity index is 1110. The first kappa shape index (κ1) is 23.5. The highest BCUT2D eigenvalue weighted by atomic mass is 32.3. The lowest BCUT2D eigenvalue weighted by Crippen LogP contribution is -2.59. The van der Waals surface area contributed by atoms with E-state index in [9.17, 15) is 21.5 Å². The topological polar surface area (TPSA) is 99.8 Å². The van der Waals surface area contributed by atoms with E-state index in [4.69, 9.17) is 0 Å². The third-order valence-corrected chi connectivity index (χ3v) is 6.96. The van der Waals surface area contributed by atoms with Crippen LogP contribution in [0.15, 0.2) is 47.6 Å². The van der Waals surface area contributed by atoms with Gasteiger partial charge in [-0.15, -0.1) is 0 Å². The van der Waals surface area contributed by atoms with Crippen LogP contribution < -0.4 is 20.1 Å². The van der Waals surface area contributed by atoms with E-state index < -0.39 is 16.0 Å². The summed E-state index contributed by atoms with van der Waals surface area (Å²) in [6.45, 7) is 5.62. The minimum atomic E-state index is -5.11. The van der Waals surface area contributed by atoms with Crippen LogP contribution in [0.4, 0.5) is 14.0 Å². The summed E-state index contributed by atoms with van der Waals surface area (Å²) in [6, 6.07) is 5.99. The summed E-state index contributed by atoms with van der Waals surface area (Å²) in [6.07, 6.45) is 3.25. The highest BCUT2D eigenvalue weighted by Crippen LogP contribution is 2.44. The molecule has 3 N–H and O–H groups in total. The molecular weight excluding hydrogens is 454 g/mol. The second kappa shape index (κ2) is 8.94. The zero-order valence-electron chi connectivity index (χ0n) is 18.5. The average Bonchev–Trinajstić information content (AvgIpc) is 2.99. The zero-order valence-corrected chi connectivity index (χ0v) is 19.3. The molecule has 4 rings (SSSR count). The van der Waals surface area contributed by atoms with Crippen LogP contribution in [0.2, 0.25) is 0 Å². The first-order valence-electron chi connectivity index (χ1n) is 11.0. The maximum atomic E-state index is 14.5. The van der Waals surface area contributed by atoms with Crippen molar-refractivity contribution in [3.05, 3.63) is 47.6 Å². The number of halogens is 2. The van der Waals surface area contributed by atoms with E-state index in [0.717, 1.165) is 18.5 Å². The van der Waals surface area contributed by atoms with E-state index in [2.05, 4.69) is 25.0 Å². The molecule has 11 heteroatoms. The number of rotatable bonds is 7. The van der Waals surface area contributed by atoms with Crippen LogP contribution in [0.25, 0.3) is 0 Å². The van der Waals surface area contributed by atoms with Gasteiger partial charge in [0, 0.05) is 48.9 Å². The first-order chi connectivity index (χ1) is 15.6. The highest BCUT2D eigenvalue weighted by Gasteiger charge is 2.55. The van der Waals surface area contributed by atoms with Crippen LogP contribution in [-0.2, 0) is 15.3 Å². The molecule has 1 amide bonds. The summed E-state index contributed by atoms with van der Waals surface area (Å²) >= 11 is 0. The Morgan fingerprint density at radius 3 is 2.88 bits per heavy atom. The van der Waals surface area contributed by atoms with Gasteiger partial charge in [-0.2, -0.15) is 8.42 Å². The number of likely N-dealkylation sites (tertiary alicyclic amines) is 1. The van der Waals surface area contributed by atoms with E-state index in [-0.39, 0.29) is 35.9 Å². The Labute approximate surface area is 192 Å². The van der Waals surface area contributed by atoms with Crippen molar-refractivity contribution in [3.8, 4) is 5.75 Å². The number of carbonyl (C=O) groups is 1. The third kappa shape index (κ3) is 4.84. The van der Waals surface area contributed by atoms with Crippen LogP contribution in [0.3, 0.4) is 0 Å². The van der Waals surface area contributed by atoms with Crippen molar-refractivity contribution in [3.63, 3.8) is 0 Å². The summed E-state index contributed by atoms with van der Waals surface area (Å²) in [5, 5.41) is 9.46. The summed E-state index contributed by atoms with van der Waals surface area (Å²) < 4.78 is 53.2. The summed E-state index contributed by atoms with van der Waals surface area (Å²) in [7, 11) is -5.11. The van der Waals surface area contributed by atoms with E-state index in [0.29, 0.717) is 31.0 Å². The van der Waals surface area contributed by atoms with E-state index in [1.54, 1.807) is 12.1 Å². The van der Waals surface area contributed by atoms with Crippen molar-refractivity contribution in [1.82, 2.24) is 15.5 Å². The number of likely N-dealkylation sites (N-methyl/N-ethyl adjacent to an activating group) is 1. The number of nitrogens with one attached hydrogen (secondary N) is 3. The number of allylic oxidation sites excluding steroid dienone is 2. The number of hydrogen-bond donors (Lipinski definition) is 3. The van der Waals surface area contributed by atoms with Gasteiger partial charge in [-0.25, -0.2) is 4.39 Å². The van der Waals surface area contributed by atoms with Gasteiger partial charge in [0.2, 0.25) is 5.91 Å². The maximum Gasteiger partial charge on any atom is 0.488 e. The molecule has 2 fully saturated rings. The number of benzene rings is 1. The van der Waals surface area contributed by atoms with Gasteiger partial charge in [0.05, 0.1) is 5.70 Å². The fourth-order valence-electron chi connectivity index (χ4n) is 5.03. The Morgan fingerprint density at radius 1 is 1.36 bits per heavy atom. The molecule has 8 nitrogen and oxygen atoms in total. The predicted octanol–water partition coefficient (Wildman–Crippen LogP) is 2.74. The normalized spacial score (nSPS) is 28.1. The Kier molecular flexibility index (Phi) is 6.37. The highest BCUT2D eigenvalue weighted by molar-refractivity contribution is 7.81. The van der Waals surface area contributed by atoms with Gasteiger partial charge in [0.15, 0.2) is 0 Å². The standard InChI is InChI=1S/C22H28F2N4O4S/c1-3-25-19-11-14(23)10-18-20(19)27-21(29)22(18,2)28-9-5-7-16(13-28)26-15-6-4-8-17(12-15)32-33(24,30)31/h4,6,8,11-12,16,18,25-26H,3,5,7,9-10,13H2,1-2H3,(H,27,29)/t16-,18?,22?/m1/s1. The van der Waals surface area contributed by atoms with Crippen molar-refractivity contribution in [2.45, 2.75) is 44.7 Å². The molecule has 1 aromatic rings. The number of fused-ring (bicyclic) bond motifs is 1. The molecule has 180 valence electrons. The lowest BCUT2D eigenvalue weighted by Gasteiger charge is -2.45. The van der Waals surface area contributed by atoms with Gasteiger partial charge in [-0.05, 0) is 51.4 Å². The molecule has 33 heavy (non-hydrogen) atoms. The third-order valence-electron chi connectivity index (χ3n) is 6.57. The Morgan fingerprint density at radius 2 is 2.15 bits per heavy atom. The molecule has 1 aliphatic carbocycles. The van der Waals surface area contributed by atoms with Crippen LogP contribution in [-0.4, -0.2) is 50.4 Å². The van der Waals surface area contributed by atoms with Crippen molar-refractivity contribution < 1.29 is 25.7 Å². The summed E-state index contributed by atoms with van der Waals surface area (Å²) in [4.78, 5) is 15.3. The second-order valence-electron chi connectivity index (χ2n) is 8.74. The number of piperidine rings is 1. The van der Waals surface area contributed by atoms with Crippen LogP contribution in [0.5, 0.6) is 5.75 Å². The lowest BCUT2D eigenvalue weighted by molar-refractivity contribution is -0.131. The van der Waals surface area contributed by atoms with Crippen LogP contribution in [0.1, 0.15) is 33.1 Å². The van der Waals surface area contributed by atoms with Gasteiger partial charge in [0.25, 0.3) is 0 Å². The predicted molar refractivity (Wildman–Crippen MR) is 120 cm³/mol. The quantitative estimate of drug-likeness (QED) is 0.514. The molecule has 0 radical (unpaired) electrons. The fourth-order valence-corrected chi connectivity index (χ4v) is 5.36. The molecule has 3 atom stereocenters. The molecule has 2 saturated heterocycles. The van der Waals surface area contributed by atoms with Gasteiger partial charge in [0.1, 0.15) is 17.1 Å². The maximum absolute atomic E-state index is 14.5. The number of anilines is 1. The molecule has 3 aliphatic rings. The van der Waals surface area contributed by atoms with E-state index in [1.807, 2.05) is 13.8 Å². The molecule has 0 spiro atoms. The molecule has 0 bridgehead atoms.